The minimum Gasteiger partial charge on any atom is -0.367 e. The molecule has 0 bridgehead atoms. The smallest absolute Gasteiger partial charge is 0.367 e. The average molecular weight is 276 g/mol. The first-order valence-electron chi connectivity index (χ1n) is 6.03. The van der Waals surface area contributed by atoms with Gasteiger partial charge in [-0.15, -0.1) is 0 Å². The number of hydrogen-bond donors (Lipinski definition) is 1. The molecule has 0 aromatic carbocycles. The third-order valence-corrected chi connectivity index (χ3v) is 3.52. The van der Waals surface area contributed by atoms with Crippen LogP contribution in [-0.2, 0) is 17.5 Å². The van der Waals surface area contributed by atoms with Crippen LogP contribution in [0.5, 0.6) is 0 Å². The largest absolute Gasteiger partial charge is 0.433 e. The molecule has 3 atom stereocenters. The molecule has 0 amide bonds. The zero-order valence-electron chi connectivity index (χ0n) is 9.88. The molecule has 0 unspecified atom stereocenters. The summed E-state index contributed by atoms with van der Waals surface area (Å²) in [5.74, 6) is 0. The van der Waals surface area contributed by atoms with Crippen molar-refractivity contribution in [3.63, 3.8) is 0 Å². The van der Waals surface area contributed by atoms with Gasteiger partial charge >= 0.3 is 6.18 Å². The number of nitrogens with zero attached hydrogens (tertiary/aromatic N) is 1. The number of aromatic nitrogens is 1. The molecule has 3 rings (SSSR count). The van der Waals surface area contributed by atoms with E-state index in [1.807, 2.05) is 0 Å². The van der Waals surface area contributed by atoms with E-state index in [0.717, 1.165) is 6.07 Å². The molecular weight excluding hydrogens is 264 g/mol. The number of ether oxygens (including phenoxy) is 1. The Bertz CT molecular complexity index is 491. The topological polar surface area (TPSA) is 34.2 Å². The van der Waals surface area contributed by atoms with E-state index in [2.05, 4.69) is 10.3 Å². The van der Waals surface area contributed by atoms with Crippen LogP contribution < -0.4 is 5.32 Å². The van der Waals surface area contributed by atoms with E-state index < -0.39 is 30.2 Å². The van der Waals surface area contributed by atoms with Crippen molar-refractivity contribution in [2.75, 3.05) is 6.54 Å². The Morgan fingerprint density at radius 3 is 2.84 bits per heavy atom. The Morgan fingerprint density at radius 2 is 2.11 bits per heavy atom. The monoisotopic (exact) mass is 276 g/mol. The number of halogens is 4. The van der Waals surface area contributed by atoms with Crippen molar-refractivity contribution in [2.24, 2.45) is 0 Å². The van der Waals surface area contributed by atoms with Crippen LogP contribution in [0.2, 0.25) is 0 Å². The zero-order chi connectivity index (χ0) is 13.6. The van der Waals surface area contributed by atoms with Gasteiger partial charge in [-0.2, -0.15) is 13.2 Å². The average Bonchev–Trinajstić information content (AvgIpc) is 2.37. The molecule has 7 heteroatoms. The molecule has 1 fully saturated rings. The molecule has 2 aliphatic rings. The van der Waals surface area contributed by atoms with E-state index in [4.69, 9.17) is 4.74 Å². The summed E-state index contributed by atoms with van der Waals surface area (Å²) in [5, 5.41) is 3.08. The third kappa shape index (κ3) is 2.21. The highest BCUT2D eigenvalue weighted by molar-refractivity contribution is 5.30. The Balaban J connectivity index is 1.96. The van der Waals surface area contributed by atoms with E-state index in [9.17, 15) is 17.6 Å². The summed E-state index contributed by atoms with van der Waals surface area (Å²) in [6.45, 7) is 0.397. The molecule has 0 aliphatic carbocycles. The van der Waals surface area contributed by atoms with E-state index in [0.29, 0.717) is 18.5 Å². The molecule has 0 radical (unpaired) electrons. The first-order valence-corrected chi connectivity index (χ1v) is 6.03. The van der Waals surface area contributed by atoms with Crippen LogP contribution in [0, 0.1) is 0 Å². The quantitative estimate of drug-likeness (QED) is 0.739. The van der Waals surface area contributed by atoms with Gasteiger partial charge in [0.2, 0.25) is 0 Å². The number of piperidine rings is 1. The van der Waals surface area contributed by atoms with Crippen molar-refractivity contribution in [3.8, 4) is 0 Å². The molecule has 1 aromatic heterocycles. The predicted molar refractivity (Wildman–Crippen MR) is 58.1 cm³/mol. The van der Waals surface area contributed by atoms with E-state index in [1.54, 1.807) is 0 Å². The lowest BCUT2D eigenvalue weighted by atomic mass is 9.90. The van der Waals surface area contributed by atoms with Gasteiger partial charge in [-0.05, 0) is 24.6 Å². The summed E-state index contributed by atoms with van der Waals surface area (Å²) in [5.41, 5.74) is -0.106. The molecule has 1 saturated heterocycles. The molecule has 19 heavy (non-hydrogen) atoms. The number of pyridine rings is 1. The van der Waals surface area contributed by atoms with Gasteiger partial charge < -0.3 is 10.1 Å². The number of nitrogens with one attached hydrogen (secondary N) is 1. The van der Waals surface area contributed by atoms with E-state index in [-0.39, 0.29) is 12.3 Å². The highest BCUT2D eigenvalue weighted by Gasteiger charge is 2.41. The highest BCUT2D eigenvalue weighted by Crippen LogP contribution is 2.36. The van der Waals surface area contributed by atoms with Gasteiger partial charge in [0, 0.05) is 0 Å². The summed E-state index contributed by atoms with van der Waals surface area (Å²) >= 11 is 0. The van der Waals surface area contributed by atoms with Gasteiger partial charge in [0.15, 0.2) is 0 Å². The molecule has 1 aromatic rings. The van der Waals surface area contributed by atoms with Gasteiger partial charge in [-0.3, -0.25) is 0 Å². The summed E-state index contributed by atoms with van der Waals surface area (Å²) < 4.78 is 56.8. The van der Waals surface area contributed by atoms with Crippen LogP contribution >= 0.6 is 0 Å². The predicted octanol–water partition coefficient (Wildman–Crippen LogP) is 2.37. The number of rotatable bonds is 0. The SMILES string of the molecule is F[C@@H]1CCN[C@H]2c3ccc(C(F)(F)F)nc3CO[C@@H]12. The maximum Gasteiger partial charge on any atom is 0.433 e. The number of fused-ring (bicyclic) bond motifs is 3. The van der Waals surface area contributed by atoms with E-state index in [1.165, 1.54) is 6.07 Å². The molecule has 1 N–H and O–H groups in total. The summed E-state index contributed by atoms with van der Waals surface area (Å²) in [4.78, 5) is 3.59. The lowest BCUT2D eigenvalue weighted by Crippen LogP contribution is -2.48. The van der Waals surface area contributed by atoms with Crippen molar-refractivity contribution in [2.45, 2.75) is 37.5 Å². The Labute approximate surface area is 107 Å². The molecule has 2 aliphatic heterocycles. The van der Waals surface area contributed by atoms with Gasteiger partial charge in [0.1, 0.15) is 18.0 Å². The van der Waals surface area contributed by atoms with Crippen molar-refractivity contribution in [1.82, 2.24) is 10.3 Å². The Hall–Kier alpha value is -1.21. The van der Waals surface area contributed by atoms with Crippen LogP contribution in [-0.4, -0.2) is 23.8 Å². The molecular formula is C12H12F4N2O. The van der Waals surface area contributed by atoms with Crippen molar-refractivity contribution in [3.05, 3.63) is 29.1 Å². The molecule has 0 saturated carbocycles. The van der Waals surface area contributed by atoms with Crippen LogP contribution in [0.3, 0.4) is 0 Å². The van der Waals surface area contributed by atoms with Crippen LogP contribution in [0.1, 0.15) is 29.4 Å². The Morgan fingerprint density at radius 1 is 1.32 bits per heavy atom. The second-order valence-electron chi connectivity index (χ2n) is 4.74. The Kier molecular flexibility index (Phi) is 2.98. The van der Waals surface area contributed by atoms with Crippen LogP contribution in [0.15, 0.2) is 12.1 Å². The number of alkyl halides is 4. The van der Waals surface area contributed by atoms with Gasteiger partial charge in [-0.1, -0.05) is 6.07 Å². The van der Waals surface area contributed by atoms with Gasteiger partial charge in [-0.25, -0.2) is 9.37 Å². The lowest BCUT2D eigenvalue weighted by Gasteiger charge is -2.39. The van der Waals surface area contributed by atoms with Crippen molar-refractivity contribution < 1.29 is 22.3 Å². The van der Waals surface area contributed by atoms with Crippen LogP contribution in [0.4, 0.5) is 17.6 Å². The number of hydrogen-bond acceptors (Lipinski definition) is 3. The van der Waals surface area contributed by atoms with Crippen molar-refractivity contribution in [1.29, 1.82) is 0 Å². The minimum absolute atomic E-state index is 0.0808. The summed E-state index contributed by atoms with van der Waals surface area (Å²) in [7, 11) is 0. The minimum atomic E-state index is -4.48. The first kappa shape index (κ1) is 12.8. The maximum absolute atomic E-state index is 13.7. The summed E-state index contributed by atoms with van der Waals surface area (Å²) in [6.07, 6.45) is -5.86. The van der Waals surface area contributed by atoms with Crippen LogP contribution in [0.25, 0.3) is 0 Å². The van der Waals surface area contributed by atoms with Crippen molar-refractivity contribution >= 4 is 0 Å². The molecule has 104 valence electrons. The highest BCUT2D eigenvalue weighted by atomic mass is 19.4. The summed E-state index contributed by atoms with van der Waals surface area (Å²) in [6, 6.07) is 1.89. The maximum atomic E-state index is 13.7. The normalized spacial score (nSPS) is 30.6. The fourth-order valence-electron chi connectivity index (χ4n) is 2.60. The second-order valence-corrected chi connectivity index (χ2v) is 4.74. The lowest BCUT2D eigenvalue weighted by molar-refractivity contribution is -0.141. The zero-order valence-corrected chi connectivity index (χ0v) is 9.88. The fourth-order valence-corrected chi connectivity index (χ4v) is 2.60. The second kappa shape index (κ2) is 4.42. The van der Waals surface area contributed by atoms with Gasteiger partial charge in [0.05, 0.1) is 18.3 Å². The fraction of sp³-hybridized carbons (Fsp3) is 0.583. The standard InChI is InChI=1S/C12H12F4N2O/c13-7-3-4-17-10-6-1-2-9(12(14,15)16)18-8(6)5-19-11(7)10/h1-2,7,10-11,17H,3-5H2/t7-,10+,11+/m1/s1. The molecule has 3 nitrogen and oxygen atoms in total. The molecule has 3 heterocycles. The molecule has 0 spiro atoms. The van der Waals surface area contributed by atoms with E-state index >= 15 is 0 Å². The third-order valence-electron chi connectivity index (χ3n) is 3.52. The van der Waals surface area contributed by atoms with Gasteiger partial charge in [0.25, 0.3) is 0 Å². The first-order chi connectivity index (χ1) is 8.97.